The van der Waals surface area contributed by atoms with Crippen molar-refractivity contribution in [2.24, 2.45) is 0 Å². The Morgan fingerprint density at radius 2 is 0.881 bits per heavy atom. The van der Waals surface area contributed by atoms with Gasteiger partial charge < -0.3 is 68.2 Å². The highest BCUT2D eigenvalue weighted by molar-refractivity contribution is 6.26. The number of fused-ring (bicyclic) bond motifs is 2. The maximum atomic E-state index is 9.04. The molecule has 0 aromatic heterocycles. The SMILES string of the molecule is COc1cc2c(cc1OC)C(Cc1ccc(OCOc3ccc(CC4c5cc(OC)c(OC)cc5CC[NH+]4C)cc3)cc1)[NH+](C)CC2.O=C([O-])C(=O)O.O=C([O-])C(=O)O. The molecule has 16 heteroatoms. The molecule has 4 aromatic rings. The Bertz CT molecular complexity index is 1900. The zero-order valence-electron chi connectivity index (χ0n) is 33.8. The number of carboxylic acid groups (broad SMARTS) is 4. The third kappa shape index (κ3) is 12.2. The minimum Gasteiger partial charge on any atom is -0.539 e. The van der Waals surface area contributed by atoms with Gasteiger partial charge in [-0.05, 0) is 70.8 Å². The first kappa shape index (κ1) is 45.2. The van der Waals surface area contributed by atoms with Crippen LogP contribution in [-0.4, -0.2) is 96.5 Å². The molecule has 16 nitrogen and oxygen atoms in total. The number of aliphatic carboxylic acids is 4. The van der Waals surface area contributed by atoms with Crippen LogP contribution in [0, 0.1) is 0 Å². The number of nitrogens with one attached hydrogen (secondary N) is 2. The average Bonchev–Trinajstić information content (AvgIpc) is 3.23. The van der Waals surface area contributed by atoms with Crippen LogP contribution in [0.15, 0.2) is 72.8 Å². The number of quaternary nitrogens is 2. The lowest BCUT2D eigenvalue weighted by Crippen LogP contribution is -3.10. The molecule has 0 bridgehead atoms. The molecule has 2 aliphatic heterocycles. The highest BCUT2D eigenvalue weighted by Crippen LogP contribution is 2.36. The summed E-state index contributed by atoms with van der Waals surface area (Å²) in [5, 5.41) is 32.6. The molecule has 0 spiro atoms. The Balaban J connectivity index is 0.000000561. The normalized spacial score (nSPS) is 17.5. The van der Waals surface area contributed by atoms with Gasteiger partial charge in [-0.25, -0.2) is 9.59 Å². The van der Waals surface area contributed by atoms with E-state index in [9.17, 15) is 0 Å². The summed E-state index contributed by atoms with van der Waals surface area (Å²) in [5.41, 5.74) is 7.90. The van der Waals surface area contributed by atoms with Crippen molar-refractivity contribution in [3.05, 3.63) is 106 Å². The molecule has 2 heterocycles. The third-order valence-electron chi connectivity index (χ3n) is 10.3. The van der Waals surface area contributed by atoms with Crippen LogP contribution in [-0.2, 0) is 44.9 Å². The first-order valence-electron chi connectivity index (χ1n) is 18.7. The van der Waals surface area contributed by atoms with Crippen molar-refractivity contribution in [2.75, 3.05) is 62.4 Å². The van der Waals surface area contributed by atoms with Gasteiger partial charge in [0.25, 0.3) is 0 Å². The van der Waals surface area contributed by atoms with E-state index in [1.54, 1.807) is 28.4 Å². The van der Waals surface area contributed by atoms with Crippen LogP contribution in [0.2, 0.25) is 0 Å². The lowest BCUT2D eigenvalue weighted by Gasteiger charge is -2.32. The van der Waals surface area contributed by atoms with E-state index in [1.807, 2.05) is 24.3 Å². The van der Waals surface area contributed by atoms with Crippen LogP contribution >= 0.6 is 0 Å². The summed E-state index contributed by atoms with van der Waals surface area (Å²) in [6, 6.07) is 26.0. The summed E-state index contributed by atoms with van der Waals surface area (Å²) < 4.78 is 34.2. The number of methoxy groups -OCH3 is 4. The third-order valence-corrected chi connectivity index (χ3v) is 10.3. The zero-order valence-corrected chi connectivity index (χ0v) is 33.8. The molecular formula is C43H50N2O14. The fourth-order valence-corrected chi connectivity index (χ4v) is 7.15. The number of benzene rings is 4. The van der Waals surface area contributed by atoms with Crippen LogP contribution < -0.4 is 48.4 Å². The Morgan fingerprint density at radius 3 is 1.17 bits per heavy atom. The number of ether oxygens (including phenoxy) is 6. The van der Waals surface area contributed by atoms with Gasteiger partial charge >= 0.3 is 11.9 Å². The molecule has 4 N–H and O–H groups in total. The van der Waals surface area contributed by atoms with Gasteiger partial charge in [-0.1, -0.05) is 24.3 Å². The van der Waals surface area contributed by atoms with Crippen LogP contribution in [0.4, 0.5) is 0 Å². The Kier molecular flexibility index (Phi) is 16.3. The number of carboxylic acids is 4. The Hall–Kier alpha value is -6.52. The van der Waals surface area contributed by atoms with Gasteiger partial charge in [0.05, 0.1) is 55.6 Å². The van der Waals surface area contributed by atoms with Gasteiger partial charge in [-0.3, -0.25) is 0 Å². The summed E-state index contributed by atoms with van der Waals surface area (Å²) in [6.45, 7) is 2.32. The first-order valence-corrected chi connectivity index (χ1v) is 18.7. The molecule has 0 aliphatic carbocycles. The number of carbonyl (C=O) groups is 4. The Morgan fingerprint density at radius 1 is 0.576 bits per heavy atom. The van der Waals surface area contributed by atoms with E-state index >= 15 is 0 Å². The fraction of sp³-hybridized carbons (Fsp3) is 0.349. The van der Waals surface area contributed by atoms with Crippen molar-refractivity contribution in [3.8, 4) is 34.5 Å². The molecule has 0 amide bonds. The molecule has 4 atom stereocenters. The first-order chi connectivity index (χ1) is 28.2. The van der Waals surface area contributed by atoms with E-state index in [-0.39, 0.29) is 6.79 Å². The molecule has 316 valence electrons. The number of likely N-dealkylation sites (N-methyl/N-ethyl adjacent to an activating group) is 2. The van der Waals surface area contributed by atoms with Gasteiger partial charge in [-0.15, -0.1) is 0 Å². The van der Waals surface area contributed by atoms with Gasteiger partial charge in [0.1, 0.15) is 23.6 Å². The second-order valence-electron chi connectivity index (χ2n) is 13.9. The number of hydrogen-bond donors (Lipinski definition) is 4. The van der Waals surface area contributed by atoms with Crippen molar-refractivity contribution in [1.29, 1.82) is 0 Å². The van der Waals surface area contributed by atoms with Gasteiger partial charge in [-0.2, -0.15) is 0 Å². The van der Waals surface area contributed by atoms with E-state index < -0.39 is 23.9 Å². The zero-order chi connectivity index (χ0) is 43.2. The topological polar surface area (TPSA) is 219 Å². The second-order valence-corrected chi connectivity index (χ2v) is 13.9. The minimum atomic E-state index is -2.07. The molecule has 0 saturated carbocycles. The maximum Gasteiger partial charge on any atom is 0.351 e. The lowest BCUT2D eigenvalue weighted by molar-refractivity contribution is -0.914. The fourth-order valence-electron chi connectivity index (χ4n) is 7.15. The minimum absolute atomic E-state index is 0.147. The molecule has 0 radical (unpaired) electrons. The molecule has 4 unspecified atom stereocenters. The summed E-state index contributed by atoms with van der Waals surface area (Å²) >= 11 is 0. The van der Waals surface area contributed by atoms with Crippen LogP contribution in [0.5, 0.6) is 34.5 Å². The second kappa shape index (κ2) is 21.3. The van der Waals surface area contributed by atoms with Crippen molar-refractivity contribution >= 4 is 23.9 Å². The van der Waals surface area contributed by atoms with E-state index in [1.165, 1.54) is 43.2 Å². The number of carbonyl (C=O) groups excluding carboxylic acids is 2. The highest BCUT2D eigenvalue weighted by Gasteiger charge is 2.31. The number of rotatable bonds is 12. The molecule has 59 heavy (non-hydrogen) atoms. The summed E-state index contributed by atoms with van der Waals surface area (Å²) in [4.78, 5) is 39.1. The number of hydrogen-bond acceptors (Lipinski definition) is 12. The van der Waals surface area contributed by atoms with Crippen molar-refractivity contribution in [2.45, 2.75) is 37.8 Å². The summed E-state index contributed by atoms with van der Waals surface area (Å²) in [5.74, 6) is -3.27. The van der Waals surface area contributed by atoms with Crippen molar-refractivity contribution < 1.29 is 77.8 Å². The van der Waals surface area contributed by atoms with Crippen molar-refractivity contribution in [3.63, 3.8) is 0 Å². The predicted molar refractivity (Wildman–Crippen MR) is 207 cm³/mol. The standard InChI is InChI=1S/C39H46N2O6.2C2H2O4/c1-40-17-15-28-21-36(42-3)38(44-5)23-32(28)34(40)19-26-7-11-30(12-8-26)46-25-47-31-13-9-27(10-14-31)20-35-33-24-39(45-6)37(43-4)22-29(33)16-18-41(35)2;2*3-1(4)2(5)6/h7-14,21-24,34-35H,15-20,25H2,1-6H3;2*(H,3,4)(H,5,6). The lowest BCUT2D eigenvalue weighted by atomic mass is 9.88. The van der Waals surface area contributed by atoms with Crippen molar-refractivity contribution in [1.82, 2.24) is 0 Å². The monoisotopic (exact) mass is 818 g/mol. The summed E-state index contributed by atoms with van der Waals surface area (Å²) in [7, 11) is 11.3. The Labute approximate surface area is 342 Å². The molecule has 6 rings (SSSR count). The van der Waals surface area contributed by atoms with E-state index in [0.717, 1.165) is 73.3 Å². The largest absolute Gasteiger partial charge is 0.539 e. The van der Waals surface area contributed by atoms with Gasteiger partial charge in [0.15, 0.2) is 34.9 Å². The molecule has 2 aliphatic rings. The maximum absolute atomic E-state index is 9.04. The summed E-state index contributed by atoms with van der Waals surface area (Å²) in [6.07, 6.45) is 3.94. The predicted octanol–water partition coefficient (Wildman–Crippen LogP) is -0.513. The quantitative estimate of drug-likeness (QED) is 0.105. The smallest absolute Gasteiger partial charge is 0.351 e. The molecule has 0 saturated heterocycles. The van der Waals surface area contributed by atoms with Gasteiger partial charge in [0, 0.05) is 36.8 Å². The average molecular weight is 819 g/mol. The van der Waals surface area contributed by atoms with E-state index in [4.69, 9.17) is 68.0 Å². The molecule has 4 aromatic carbocycles. The highest BCUT2D eigenvalue weighted by atomic mass is 16.7. The van der Waals surface area contributed by atoms with Crippen LogP contribution in [0.1, 0.15) is 45.5 Å². The molecular weight excluding hydrogens is 768 g/mol. The molecule has 0 fully saturated rings. The van der Waals surface area contributed by atoms with Gasteiger partial charge in [0.2, 0.25) is 6.79 Å². The van der Waals surface area contributed by atoms with E-state index in [0.29, 0.717) is 12.1 Å². The van der Waals surface area contributed by atoms with Crippen LogP contribution in [0.3, 0.4) is 0 Å². The van der Waals surface area contributed by atoms with Crippen LogP contribution in [0.25, 0.3) is 0 Å². The van der Waals surface area contributed by atoms with E-state index in [2.05, 4.69) is 62.6 Å².